The highest BCUT2D eigenvalue weighted by atomic mass is 16.5. The third-order valence-corrected chi connectivity index (χ3v) is 1.67. The molecule has 0 atom stereocenters. The van der Waals surface area contributed by atoms with Gasteiger partial charge in [-0.3, -0.25) is 0 Å². The Balaban J connectivity index is 2.84. The summed E-state index contributed by atoms with van der Waals surface area (Å²) >= 11 is 0. The van der Waals surface area contributed by atoms with Gasteiger partial charge in [0.15, 0.2) is 0 Å². The average molecular weight is 179 g/mol. The third-order valence-electron chi connectivity index (χ3n) is 1.67. The molecule has 70 valence electrons. The van der Waals surface area contributed by atoms with Crippen LogP contribution in [0.1, 0.15) is 13.9 Å². The lowest BCUT2D eigenvalue weighted by atomic mass is 10.2. The van der Waals surface area contributed by atoms with Gasteiger partial charge in [0, 0.05) is 5.56 Å². The predicted octanol–water partition coefficient (Wildman–Crippen LogP) is 2.70. The van der Waals surface area contributed by atoms with Crippen molar-refractivity contribution in [3.8, 4) is 5.75 Å². The summed E-state index contributed by atoms with van der Waals surface area (Å²) in [6.07, 6.45) is 0. The number of hydrogen-bond donors (Lipinski definition) is 0. The maximum atomic E-state index is 7.18. The van der Waals surface area contributed by atoms with Gasteiger partial charge in [-0.1, -0.05) is 6.55 Å². The van der Waals surface area contributed by atoms with Gasteiger partial charge in [-0.2, -0.15) is 0 Å². The van der Waals surface area contributed by atoms with Crippen molar-refractivity contribution in [1.29, 1.82) is 0 Å². The molecule has 1 rings (SSSR count). The van der Waals surface area contributed by atoms with Crippen LogP contribution in [-0.2, 0) is 4.74 Å². The van der Waals surface area contributed by atoms with E-state index in [1.54, 1.807) is 7.11 Å². The molecule has 0 heterocycles. The second kappa shape index (κ2) is 4.55. The summed E-state index contributed by atoms with van der Waals surface area (Å²) in [6, 6.07) is 7.43. The molecule has 0 aliphatic rings. The topological polar surface area (TPSA) is 18.5 Å². The molecule has 0 bridgehead atoms. The van der Waals surface area contributed by atoms with Gasteiger partial charge in [0.05, 0.1) is 15.1 Å². The molecule has 0 unspecified atom stereocenters. The maximum absolute atomic E-state index is 7.18. The van der Waals surface area contributed by atoms with Crippen molar-refractivity contribution in [2.24, 2.45) is 0 Å². The van der Waals surface area contributed by atoms with E-state index in [1.807, 2.05) is 31.2 Å². The molecule has 2 heteroatoms. The highest BCUT2D eigenvalue weighted by Crippen LogP contribution is 2.17. The first kappa shape index (κ1) is 8.17. The van der Waals surface area contributed by atoms with E-state index in [-0.39, 0.29) is 0 Å². The Kier molecular flexibility index (Phi) is 2.86. The van der Waals surface area contributed by atoms with Gasteiger partial charge in [0.1, 0.15) is 11.5 Å². The van der Waals surface area contributed by atoms with Crippen LogP contribution in [0.4, 0.5) is 0 Å². The number of ether oxygens (including phenoxy) is 2. The molecule has 0 radical (unpaired) electrons. The lowest BCUT2D eigenvalue weighted by Gasteiger charge is -2.07. The molecule has 0 amide bonds. The van der Waals surface area contributed by atoms with Crippen molar-refractivity contribution in [2.75, 3.05) is 13.7 Å². The average Bonchev–Trinajstić information content (AvgIpc) is 2.26. The molecular weight excluding hydrogens is 164 g/mol. The van der Waals surface area contributed by atoms with E-state index in [9.17, 15) is 0 Å². The van der Waals surface area contributed by atoms with Crippen molar-refractivity contribution < 1.29 is 10.8 Å². The molecule has 1 aromatic rings. The fourth-order valence-electron chi connectivity index (χ4n) is 0.994. The van der Waals surface area contributed by atoms with E-state index >= 15 is 0 Å². The second-order valence-electron chi connectivity index (χ2n) is 2.53. The molecule has 2 nitrogen and oxygen atoms in total. The molecule has 0 aliphatic heterocycles. The minimum atomic E-state index is 0.566. The summed E-state index contributed by atoms with van der Waals surface area (Å²) in [5.41, 5.74) is 0.891. The lowest BCUT2D eigenvalue weighted by molar-refractivity contribution is 0.299. The zero-order valence-electron chi connectivity index (χ0n) is 8.91. The Morgan fingerprint density at radius 2 is 2.15 bits per heavy atom. The summed E-state index contributed by atoms with van der Waals surface area (Å²) in [5.74, 6) is 1.38. The fraction of sp³-hybridized carbons (Fsp3) is 0.273. The molecule has 0 fully saturated rings. The van der Waals surface area contributed by atoms with Gasteiger partial charge in [-0.25, -0.2) is 0 Å². The van der Waals surface area contributed by atoms with Crippen molar-refractivity contribution in [2.45, 2.75) is 6.92 Å². The Morgan fingerprint density at radius 3 is 2.62 bits per heavy atom. The van der Waals surface area contributed by atoms with Crippen LogP contribution in [0.2, 0.25) is 0 Å². The van der Waals surface area contributed by atoms with Crippen molar-refractivity contribution in [1.82, 2.24) is 0 Å². The van der Waals surface area contributed by atoms with Crippen molar-refractivity contribution >= 4 is 5.76 Å². The molecule has 0 N–H and O–H groups in total. The summed E-state index contributed by atoms with van der Waals surface area (Å²) < 4.78 is 17.5. The molecule has 13 heavy (non-hydrogen) atoms. The minimum Gasteiger partial charge on any atom is -0.497 e. The Bertz CT molecular complexity index is 304. The van der Waals surface area contributed by atoms with E-state index in [4.69, 9.17) is 10.8 Å². The normalized spacial score (nSPS) is 12.2. The Labute approximate surface area is 80.2 Å². The van der Waals surface area contributed by atoms with Gasteiger partial charge >= 0.3 is 0 Å². The van der Waals surface area contributed by atoms with Crippen LogP contribution in [0.15, 0.2) is 30.8 Å². The predicted molar refractivity (Wildman–Crippen MR) is 53.7 cm³/mol. The lowest BCUT2D eigenvalue weighted by Crippen LogP contribution is -1.90. The van der Waals surface area contributed by atoms with Crippen LogP contribution in [0.25, 0.3) is 5.76 Å². The first-order valence-electron chi connectivity index (χ1n) is 4.75. The van der Waals surface area contributed by atoms with Gasteiger partial charge < -0.3 is 9.47 Å². The Morgan fingerprint density at radius 1 is 1.46 bits per heavy atom. The molecule has 0 aliphatic carbocycles. The van der Waals surface area contributed by atoms with Crippen LogP contribution in [0, 0.1) is 0 Å². The molecular formula is C11H14O2. The monoisotopic (exact) mass is 179 g/mol. The number of rotatable bonds is 4. The van der Waals surface area contributed by atoms with Gasteiger partial charge in [0.25, 0.3) is 0 Å². The smallest absolute Gasteiger partial charge is 0.119 e. The second-order valence-corrected chi connectivity index (χ2v) is 2.53. The number of methoxy groups -OCH3 is 1. The van der Waals surface area contributed by atoms with Gasteiger partial charge in [0.2, 0.25) is 0 Å². The standard InChI is InChI=1S/C11H14O2/c1-4-13-9(2)10-5-7-11(12-3)8-6-10/h5-8H,2,4H2,1,3H3/i2D. The van der Waals surface area contributed by atoms with Crippen molar-refractivity contribution in [3.05, 3.63) is 36.4 Å². The quantitative estimate of drug-likeness (QED) is 0.661. The molecule has 0 aromatic heterocycles. The Hall–Kier alpha value is -1.44. The highest BCUT2D eigenvalue weighted by molar-refractivity contribution is 5.58. The van der Waals surface area contributed by atoms with Crippen LogP contribution in [0.3, 0.4) is 0 Å². The first-order valence-corrected chi connectivity index (χ1v) is 4.17. The molecule has 0 saturated heterocycles. The number of benzene rings is 1. The third kappa shape index (κ3) is 2.51. The van der Waals surface area contributed by atoms with Crippen molar-refractivity contribution in [3.63, 3.8) is 0 Å². The molecule has 1 aromatic carbocycles. The SMILES string of the molecule is [2H]C=C(OCC)c1ccc(OC)cc1. The summed E-state index contributed by atoms with van der Waals surface area (Å²) in [4.78, 5) is 0. The summed E-state index contributed by atoms with van der Waals surface area (Å²) in [6.45, 7) is 3.68. The van der Waals surface area contributed by atoms with Gasteiger partial charge in [-0.05, 0) is 31.2 Å². The van der Waals surface area contributed by atoms with E-state index in [0.29, 0.717) is 12.4 Å². The van der Waals surface area contributed by atoms with Crippen LogP contribution >= 0.6 is 0 Å². The zero-order valence-corrected chi connectivity index (χ0v) is 7.91. The summed E-state index contributed by atoms with van der Waals surface area (Å²) in [5, 5.41) is 0. The highest BCUT2D eigenvalue weighted by Gasteiger charge is 1.98. The summed E-state index contributed by atoms with van der Waals surface area (Å²) in [7, 11) is 1.62. The largest absolute Gasteiger partial charge is 0.497 e. The van der Waals surface area contributed by atoms with Crippen LogP contribution < -0.4 is 4.74 Å². The zero-order chi connectivity index (χ0) is 10.4. The first-order chi connectivity index (χ1) is 6.81. The van der Waals surface area contributed by atoms with E-state index < -0.39 is 0 Å². The van der Waals surface area contributed by atoms with Gasteiger partial charge in [-0.15, -0.1) is 0 Å². The number of hydrogen-bond acceptors (Lipinski definition) is 2. The van der Waals surface area contributed by atoms with Crippen LogP contribution in [0.5, 0.6) is 5.75 Å². The molecule has 0 spiro atoms. The van der Waals surface area contributed by atoms with E-state index in [2.05, 4.69) is 0 Å². The van der Waals surface area contributed by atoms with Crippen LogP contribution in [-0.4, -0.2) is 13.7 Å². The minimum absolute atomic E-state index is 0.566. The fourth-order valence-corrected chi connectivity index (χ4v) is 0.994. The molecule has 0 saturated carbocycles. The maximum Gasteiger partial charge on any atom is 0.119 e. The van der Waals surface area contributed by atoms with E-state index in [0.717, 1.165) is 11.3 Å². The van der Waals surface area contributed by atoms with E-state index in [1.165, 1.54) is 6.55 Å².